The van der Waals surface area contributed by atoms with Gasteiger partial charge in [0.1, 0.15) is 18.5 Å². The van der Waals surface area contributed by atoms with Crippen LogP contribution < -0.4 is 10.1 Å². The molecule has 2 N–H and O–H groups in total. The smallest absolute Gasteiger partial charge is 0.324 e. The summed E-state index contributed by atoms with van der Waals surface area (Å²) in [6.45, 7) is 6.33. The number of aliphatic hydroxyl groups is 1. The first kappa shape index (κ1) is 16.3. The topological polar surface area (TPSA) is 78.9 Å². The molecule has 1 aliphatic heterocycles. The fourth-order valence-electron chi connectivity index (χ4n) is 2.15. The predicted octanol–water partition coefficient (Wildman–Crippen LogP) is 1.28. The standard InChI is InChI=1S/C16H22N2O4/c1-16(2,3)11-4-6-13(7-5-11)22-10-12(19)9-18-14(20)8-17-15(18)21/h4-7,12,19H,8-10H2,1-3H3,(H,17,21)/t12-/m0/s1. The Morgan fingerprint density at radius 1 is 1.27 bits per heavy atom. The second-order valence-electron chi connectivity index (χ2n) is 6.40. The molecule has 2 rings (SSSR count). The van der Waals surface area contributed by atoms with Crippen LogP contribution in [0.3, 0.4) is 0 Å². The average Bonchev–Trinajstić information content (AvgIpc) is 2.76. The minimum Gasteiger partial charge on any atom is -0.491 e. The molecule has 0 saturated carbocycles. The Hall–Kier alpha value is -2.08. The number of nitrogens with one attached hydrogen (secondary N) is 1. The third-order valence-electron chi connectivity index (χ3n) is 3.49. The first-order valence-corrected chi connectivity index (χ1v) is 7.27. The predicted molar refractivity (Wildman–Crippen MR) is 81.8 cm³/mol. The Balaban J connectivity index is 1.85. The van der Waals surface area contributed by atoms with Crippen molar-refractivity contribution in [1.82, 2.24) is 10.2 Å². The minimum atomic E-state index is -0.921. The molecule has 0 unspecified atom stereocenters. The van der Waals surface area contributed by atoms with E-state index in [4.69, 9.17) is 4.74 Å². The number of hydrogen-bond acceptors (Lipinski definition) is 4. The summed E-state index contributed by atoms with van der Waals surface area (Å²) in [5, 5.41) is 12.3. The van der Waals surface area contributed by atoms with Gasteiger partial charge in [-0.2, -0.15) is 0 Å². The van der Waals surface area contributed by atoms with Crippen LogP contribution in [0.2, 0.25) is 0 Å². The molecule has 6 nitrogen and oxygen atoms in total. The zero-order valence-corrected chi connectivity index (χ0v) is 13.1. The Morgan fingerprint density at radius 2 is 1.91 bits per heavy atom. The number of β-amino-alcohol motifs (C(OH)–C–C–N with tert-alkyl or cyclic N) is 1. The van der Waals surface area contributed by atoms with Crippen LogP contribution in [0.25, 0.3) is 0 Å². The highest BCUT2D eigenvalue weighted by atomic mass is 16.5. The largest absolute Gasteiger partial charge is 0.491 e. The van der Waals surface area contributed by atoms with Crippen molar-refractivity contribution in [3.63, 3.8) is 0 Å². The SMILES string of the molecule is CC(C)(C)c1ccc(OC[C@@H](O)CN2C(=O)CNC2=O)cc1. The summed E-state index contributed by atoms with van der Waals surface area (Å²) in [7, 11) is 0. The molecule has 22 heavy (non-hydrogen) atoms. The Morgan fingerprint density at radius 3 is 2.41 bits per heavy atom. The highest BCUT2D eigenvalue weighted by molar-refractivity contribution is 6.01. The highest BCUT2D eigenvalue weighted by Gasteiger charge is 2.30. The van der Waals surface area contributed by atoms with Gasteiger partial charge >= 0.3 is 6.03 Å². The summed E-state index contributed by atoms with van der Waals surface area (Å²) in [6.07, 6.45) is -0.921. The lowest BCUT2D eigenvalue weighted by atomic mass is 9.87. The van der Waals surface area contributed by atoms with Gasteiger partial charge in [0.05, 0.1) is 13.1 Å². The molecule has 1 atom stereocenters. The fraction of sp³-hybridized carbons (Fsp3) is 0.500. The fourth-order valence-corrected chi connectivity index (χ4v) is 2.15. The van der Waals surface area contributed by atoms with Crippen LogP contribution in [0.15, 0.2) is 24.3 Å². The maximum atomic E-state index is 11.4. The van der Waals surface area contributed by atoms with Crippen molar-refractivity contribution in [3.05, 3.63) is 29.8 Å². The zero-order chi connectivity index (χ0) is 16.3. The van der Waals surface area contributed by atoms with Crippen LogP contribution in [-0.4, -0.2) is 47.7 Å². The van der Waals surface area contributed by atoms with Crippen molar-refractivity contribution >= 4 is 11.9 Å². The number of benzene rings is 1. The van der Waals surface area contributed by atoms with Crippen molar-refractivity contribution in [2.24, 2.45) is 0 Å². The number of ether oxygens (including phenoxy) is 1. The van der Waals surface area contributed by atoms with Gasteiger partial charge in [-0.15, -0.1) is 0 Å². The van der Waals surface area contributed by atoms with E-state index in [1.165, 1.54) is 5.56 Å². The molecule has 120 valence electrons. The number of imide groups is 1. The van der Waals surface area contributed by atoms with E-state index in [0.717, 1.165) is 4.90 Å². The van der Waals surface area contributed by atoms with Gasteiger partial charge in [0, 0.05) is 0 Å². The monoisotopic (exact) mass is 306 g/mol. The number of rotatable bonds is 5. The van der Waals surface area contributed by atoms with E-state index in [1.807, 2.05) is 24.3 Å². The Labute approximate surface area is 130 Å². The van der Waals surface area contributed by atoms with Crippen LogP contribution in [0.4, 0.5) is 4.79 Å². The normalized spacial score (nSPS) is 16.6. The van der Waals surface area contributed by atoms with Gasteiger partial charge in [-0.05, 0) is 23.1 Å². The number of carbonyl (C=O) groups is 2. The molecule has 1 heterocycles. The number of hydrogen-bond donors (Lipinski definition) is 2. The van der Waals surface area contributed by atoms with Gasteiger partial charge < -0.3 is 15.2 Å². The van der Waals surface area contributed by atoms with Crippen molar-refractivity contribution in [2.75, 3.05) is 19.7 Å². The van der Waals surface area contributed by atoms with Crippen LogP contribution in [0, 0.1) is 0 Å². The van der Waals surface area contributed by atoms with Crippen molar-refractivity contribution < 1.29 is 19.4 Å². The van der Waals surface area contributed by atoms with Gasteiger partial charge in [0.25, 0.3) is 0 Å². The second kappa shape index (κ2) is 6.36. The van der Waals surface area contributed by atoms with Gasteiger partial charge in [0.2, 0.25) is 5.91 Å². The summed E-state index contributed by atoms with van der Waals surface area (Å²) in [4.78, 5) is 23.8. The number of aliphatic hydroxyl groups excluding tert-OH is 1. The maximum Gasteiger partial charge on any atom is 0.324 e. The van der Waals surface area contributed by atoms with E-state index in [2.05, 4.69) is 26.1 Å². The summed E-state index contributed by atoms with van der Waals surface area (Å²) in [5.74, 6) is 0.308. The third kappa shape index (κ3) is 3.98. The van der Waals surface area contributed by atoms with E-state index in [0.29, 0.717) is 5.75 Å². The van der Waals surface area contributed by atoms with E-state index < -0.39 is 12.1 Å². The van der Waals surface area contributed by atoms with Gasteiger partial charge in [-0.25, -0.2) is 4.79 Å². The summed E-state index contributed by atoms with van der Waals surface area (Å²) in [6, 6.07) is 7.19. The molecule has 6 heteroatoms. The Bertz CT molecular complexity index is 532. The lowest BCUT2D eigenvalue weighted by molar-refractivity contribution is -0.126. The molecule has 3 amide bonds. The molecule has 1 aromatic rings. The van der Waals surface area contributed by atoms with Crippen molar-refractivity contribution in [1.29, 1.82) is 0 Å². The molecule has 1 fully saturated rings. The Kier molecular flexibility index (Phi) is 4.71. The third-order valence-corrected chi connectivity index (χ3v) is 3.49. The van der Waals surface area contributed by atoms with Gasteiger partial charge in [-0.1, -0.05) is 32.9 Å². The quantitative estimate of drug-likeness (QED) is 0.803. The van der Waals surface area contributed by atoms with E-state index in [1.54, 1.807) is 0 Å². The maximum absolute atomic E-state index is 11.4. The van der Waals surface area contributed by atoms with E-state index >= 15 is 0 Å². The molecular formula is C16H22N2O4. The van der Waals surface area contributed by atoms with Crippen LogP contribution >= 0.6 is 0 Å². The van der Waals surface area contributed by atoms with Crippen molar-refractivity contribution in [3.8, 4) is 5.75 Å². The second-order valence-corrected chi connectivity index (χ2v) is 6.40. The molecule has 0 radical (unpaired) electrons. The molecule has 0 aliphatic carbocycles. The van der Waals surface area contributed by atoms with E-state index in [9.17, 15) is 14.7 Å². The number of urea groups is 1. The minimum absolute atomic E-state index is 0.0132. The lowest BCUT2D eigenvalue weighted by Gasteiger charge is -2.20. The summed E-state index contributed by atoms with van der Waals surface area (Å²) < 4.78 is 5.50. The first-order valence-electron chi connectivity index (χ1n) is 7.27. The summed E-state index contributed by atoms with van der Waals surface area (Å²) in [5.41, 5.74) is 1.27. The molecular weight excluding hydrogens is 284 g/mol. The first-order chi connectivity index (χ1) is 10.3. The molecule has 1 aromatic carbocycles. The zero-order valence-electron chi connectivity index (χ0n) is 13.1. The molecule has 0 spiro atoms. The van der Waals surface area contributed by atoms with Crippen molar-refractivity contribution in [2.45, 2.75) is 32.3 Å². The van der Waals surface area contributed by atoms with Crippen LogP contribution in [0.1, 0.15) is 26.3 Å². The van der Waals surface area contributed by atoms with Crippen LogP contribution in [0.5, 0.6) is 5.75 Å². The molecule has 1 saturated heterocycles. The lowest BCUT2D eigenvalue weighted by Crippen LogP contribution is -2.39. The number of amides is 3. The molecule has 0 aromatic heterocycles. The van der Waals surface area contributed by atoms with Crippen LogP contribution in [-0.2, 0) is 10.2 Å². The molecule has 0 bridgehead atoms. The molecule has 1 aliphatic rings. The number of carbonyl (C=O) groups excluding carboxylic acids is 2. The van der Waals surface area contributed by atoms with Gasteiger partial charge in [0.15, 0.2) is 0 Å². The van der Waals surface area contributed by atoms with E-state index in [-0.39, 0.29) is 31.0 Å². The van der Waals surface area contributed by atoms with Gasteiger partial charge in [-0.3, -0.25) is 9.69 Å². The highest BCUT2D eigenvalue weighted by Crippen LogP contribution is 2.24. The number of nitrogens with zero attached hydrogens (tertiary/aromatic N) is 1. The summed E-state index contributed by atoms with van der Waals surface area (Å²) >= 11 is 0. The average molecular weight is 306 g/mol.